The standard InChI is InChI=1S/C21H22N4O2/c26-20(17-6-7-18-19(13-17)23-14-22-18)24-21(27)25-10-8-16(9-11-25)12-15-4-2-1-3-5-15/h1-7,13-14,16H,8-12H2,(H,22,23)(H,24,26,27). The minimum atomic E-state index is -0.386. The first-order valence-corrected chi connectivity index (χ1v) is 9.26. The van der Waals surface area contributed by atoms with Crippen molar-refractivity contribution >= 4 is 23.0 Å². The number of carbonyl (C=O) groups is 2. The van der Waals surface area contributed by atoms with E-state index in [-0.39, 0.29) is 11.9 Å². The Balaban J connectivity index is 1.30. The predicted octanol–water partition coefficient (Wildman–Crippen LogP) is 3.37. The summed E-state index contributed by atoms with van der Waals surface area (Å²) in [5, 5.41) is 2.50. The van der Waals surface area contributed by atoms with Crippen molar-refractivity contribution in [3.63, 3.8) is 0 Å². The number of amides is 3. The molecule has 1 aromatic heterocycles. The molecule has 0 unspecified atom stereocenters. The third-order valence-electron chi connectivity index (χ3n) is 5.17. The maximum atomic E-state index is 12.4. The molecule has 0 bridgehead atoms. The lowest BCUT2D eigenvalue weighted by Crippen LogP contribution is -2.46. The number of H-pyrrole nitrogens is 1. The van der Waals surface area contributed by atoms with E-state index in [4.69, 9.17) is 0 Å². The minimum Gasteiger partial charge on any atom is -0.345 e. The van der Waals surface area contributed by atoms with Crippen LogP contribution in [0.25, 0.3) is 11.0 Å². The third kappa shape index (κ3) is 4.00. The van der Waals surface area contributed by atoms with Crippen molar-refractivity contribution in [2.75, 3.05) is 13.1 Å². The Morgan fingerprint density at radius 1 is 1.11 bits per heavy atom. The summed E-state index contributed by atoms with van der Waals surface area (Å²) < 4.78 is 0. The lowest BCUT2D eigenvalue weighted by molar-refractivity contribution is 0.0945. The van der Waals surface area contributed by atoms with E-state index in [2.05, 4.69) is 39.6 Å². The summed E-state index contributed by atoms with van der Waals surface area (Å²) in [5.41, 5.74) is 3.35. The van der Waals surface area contributed by atoms with Crippen molar-refractivity contribution in [1.82, 2.24) is 20.2 Å². The van der Waals surface area contributed by atoms with Crippen molar-refractivity contribution in [3.05, 3.63) is 66.0 Å². The van der Waals surface area contributed by atoms with E-state index in [0.29, 0.717) is 24.6 Å². The second-order valence-electron chi connectivity index (χ2n) is 7.01. The fourth-order valence-electron chi connectivity index (χ4n) is 3.61. The van der Waals surface area contributed by atoms with Crippen LogP contribution in [0.15, 0.2) is 54.9 Å². The Morgan fingerprint density at radius 2 is 1.89 bits per heavy atom. The molecular formula is C21H22N4O2. The number of fused-ring (bicyclic) bond motifs is 1. The minimum absolute atomic E-state index is 0.317. The summed E-state index contributed by atoms with van der Waals surface area (Å²) in [4.78, 5) is 33.6. The zero-order valence-corrected chi connectivity index (χ0v) is 15.0. The molecule has 2 N–H and O–H groups in total. The van der Waals surface area contributed by atoms with Gasteiger partial charge in [-0.25, -0.2) is 9.78 Å². The van der Waals surface area contributed by atoms with Gasteiger partial charge < -0.3 is 9.88 Å². The number of nitrogens with zero attached hydrogens (tertiary/aromatic N) is 2. The van der Waals surface area contributed by atoms with Gasteiger partial charge in [-0.1, -0.05) is 30.3 Å². The van der Waals surface area contributed by atoms with Gasteiger partial charge in [0.05, 0.1) is 17.4 Å². The van der Waals surface area contributed by atoms with Crippen LogP contribution in [0.1, 0.15) is 28.8 Å². The molecule has 27 heavy (non-hydrogen) atoms. The normalized spacial score (nSPS) is 15.0. The summed E-state index contributed by atoms with van der Waals surface area (Å²) in [6.45, 7) is 1.35. The quantitative estimate of drug-likeness (QED) is 0.750. The number of imidazole rings is 1. The number of aromatic amines is 1. The van der Waals surface area contributed by atoms with Crippen molar-refractivity contribution in [2.24, 2.45) is 5.92 Å². The summed E-state index contributed by atoms with van der Waals surface area (Å²) >= 11 is 0. The summed E-state index contributed by atoms with van der Waals surface area (Å²) in [6, 6.07) is 15.3. The van der Waals surface area contributed by atoms with Crippen LogP contribution in [0.3, 0.4) is 0 Å². The Kier molecular flexibility index (Phi) is 4.87. The molecule has 4 rings (SSSR count). The Hall–Kier alpha value is -3.15. The van der Waals surface area contributed by atoms with Crippen LogP contribution in [-0.4, -0.2) is 39.9 Å². The number of urea groups is 1. The SMILES string of the molecule is O=C(NC(=O)N1CCC(Cc2ccccc2)CC1)c1ccc2nc[nH]c2c1. The number of rotatable bonds is 3. The number of carbonyl (C=O) groups excluding carboxylic acids is 2. The fraction of sp³-hybridized carbons (Fsp3) is 0.286. The summed E-state index contributed by atoms with van der Waals surface area (Å²) in [6.07, 6.45) is 4.53. The highest BCUT2D eigenvalue weighted by Gasteiger charge is 2.24. The largest absolute Gasteiger partial charge is 0.345 e. The first kappa shape index (κ1) is 17.3. The summed E-state index contributed by atoms with van der Waals surface area (Å²) in [5.74, 6) is 0.192. The molecule has 2 heterocycles. The van der Waals surface area contributed by atoms with Gasteiger partial charge >= 0.3 is 6.03 Å². The monoisotopic (exact) mass is 362 g/mol. The molecule has 1 aliphatic heterocycles. The number of aromatic nitrogens is 2. The first-order chi connectivity index (χ1) is 13.2. The molecule has 3 amide bonds. The number of hydrogen-bond donors (Lipinski definition) is 2. The first-order valence-electron chi connectivity index (χ1n) is 9.26. The van der Waals surface area contributed by atoms with Gasteiger partial charge in [0.15, 0.2) is 0 Å². The molecule has 6 heteroatoms. The highest BCUT2D eigenvalue weighted by molar-refractivity contribution is 6.05. The van der Waals surface area contributed by atoms with Crippen LogP contribution < -0.4 is 5.32 Å². The van der Waals surface area contributed by atoms with Crippen LogP contribution in [-0.2, 0) is 6.42 Å². The van der Waals surface area contributed by atoms with E-state index in [1.807, 2.05) is 6.07 Å². The maximum absolute atomic E-state index is 12.4. The van der Waals surface area contributed by atoms with E-state index in [9.17, 15) is 9.59 Å². The van der Waals surface area contributed by atoms with E-state index >= 15 is 0 Å². The number of hydrogen-bond acceptors (Lipinski definition) is 3. The highest BCUT2D eigenvalue weighted by atomic mass is 16.2. The van der Waals surface area contributed by atoms with Gasteiger partial charge in [0.2, 0.25) is 0 Å². The molecule has 3 aromatic rings. The molecule has 1 saturated heterocycles. The highest BCUT2D eigenvalue weighted by Crippen LogP contribution is 2.21. The number of nitrogens with one attached hydrogen (secondary N) is 2. The number of imide groups is 1. The van der Waals surface area contributed by atoms with Crippen molar-refractivity contribution in [1.29, 1.82) is 0 Å². The van der Waals surface area contributed by atoms with E-state index in [0.717, 1.165) is 30.3 Å². The van der Waals surface area contributed by atoms with Crippen LogP contribution in [0.5, 0.6) is 0 Å². The zero-order chi connectivity index (χ0) is 18.6. The van der Waals surface area contributed by atoms with Gasteiger partial charge in [-0.15, -0.1) is 0 Å². The fourth-order valence-corrected chi connectivity index (χ4v) is 3.61. The molecule has 6 nitrogen and oxygen atoms in total. The molecule has 0 atom stereocenters. The van der Waals surface area contributed by atoms with Crippen LogP contribution >= 0.6 is 0 Å². The van der Waals surface area contributed by atoms with Gasteiger partial charge in [-0.05, 0) is 48.9 Å². The maximum Gasteiger partial charge on any atom is 0.324 e. The van der Waals surface area contributed by atoms with Crippen molar-refractivity contribution in [3.8, 4) is 0 Å². The van der Waals surface area contributed by atoms with Gasteiger partial charge in [0, 0.05) is 18.7 Å². The molecule has 0 saturated carbocycles. The molecule has 1 fully saturated rings. The van der Waals surface area contributed by atoms with E-state index in [1.54, 1.807) is 29.4 Å². The molecule has 0 spiro atoms. The predicted molar refractivity (Wildman–Crippen MR) is 103 cm³/mol. The lowest BCUT2D eigenvalue weighted by atomic mass is 9.90. The van der Waals surface area contributed by atoms with Crippen LogP contribution in [0, 0.1) is 5.92 Å². The molecule has 2 aromatic carbocycles. The number of likely N-dealkylation sites (tertiary alicyclic amines) is 1. The topological polar surface area (TPSA) is 78.1 Å². The Morgan fingerprint density at radius 3 is 2.67 bits per heavy atom. The van der Waals surface area contributed by atoms with Crippen LogP contribution in [0.2, 0.25) is 0 Å². The van der Waals surface area contributed by atoms with Gasteiger partial charge in [0.1, 0.15) is 0 Å². The zero-order valence-electron chi connectivity index (χ0n) is 15.0. The van der Waals surface area contributed by atoms with Crippen molar-refractivity contribution < 1.29 is 9.59 Å². The lowest BCUT2D eigenvalue weighted by Gasteiger charge is -2.31. The van der Waals surface area contributed by atoms with Gasteiger partial charge in [-0.2, -0.15) is 0 Å². The Labute approximate surface area is 157 Å². The average Bonchev–Trinajstić information content (AvgIpc) is 3.17. The smallest absolute Gasteiger partial charge is 0.324 e. The molecule has 0 aliphatic carbocycles. The Bertz CT molecular complexity index is 943. The van der Waals surface area contributed by atoms with Crippen molar-refractivity contribution in [2.45, 2.75) is 19.3 Å². The number of piperidine rings is 1. The molecule has 0 radical (unpaired) electrons. The number of benzene rings is 2. The average molecular weight is 362 g/mol. The van der Waals surface area contributed by atoms with Crippen LogP contribution in [0.4, 0.5) is 4.79 Å². The summed E-state index contributed by atoms with van der Waals surface area (Å²) in [7, 11) is 0. The third-order valence-corrected chi connectivity index (χ3v) is 5.17. The second-order valence-corrected chi connectivity index (χ2v) is 7.01. The second kappa shape index (κ2) is 7.61. The van der Waals surface area contributed by atoms with Gasteiger partial charge in [-0.3, -0.25) is 10.1 Å². The van der Waals surface area contributed by atoms with E-state index < -0.39 is 0 Å². The van der Waals surface area contributed by atoms with Gasteiger partial charge in [0.25, 0.3) is 5.91 Å². The molecule has 138 valence electrons. The molecular weight excluding hydrogens is 340 g/mol. The van der Waals surface area contributed by atoms with E-state index in [1.165, 1.54) is 5.56 Å². The molecule has 1 aliphatic rings.